The standard InChI is InChI=1S/C5H7ClN2.C5H8N2.C3H8.C2H4BrCl.2CO2.Na.H/c6-1-3-8-4-2-7-5-8;1-2-5-3-6-4-7-5;1-3-2;3-1-2-4;2*2-1-3;;/h2,4-5H,1,3H2;3-4H,2H2,1H3,(H,6,7);3H2,1-2H3;1-2H2;;;;/q;;;;;;+1;-1. The summed E-state index contributed by atoms with van der Waals surface area (Å²) in [7, 11) is 0. The fourth-order valence-corrected chi connectivity index (χ4v) is 1.19. The Labute approximate surface area is 214 Å². The van der Waals surface area contributed by atoms with E-state index in [-0.39, 0.29) is 43.3 Å². The normalized spacial score (nSPS) is 7.10. The van der Waals surface area contributed by atoms with Crippen molar-refractivity contribution in [3.05, 3.63) is 36.9 Å². The number of nitrogens with zero attached hydrogens (tertiary/aromatic N) is 3. The van der Waals surface area contributed by atoms with Crippen LogP contribution >= 0.6 is 39.1 Å². The van der Waals surface area contributed by atoms with Gasteiger partial charge in [0.15, 0.2) is 0 Å². The number of hydrogen-bond acceptors (Lipinski definition) is 6. The van der Waals surface area contributed by atoms with Gasteiger partial charge in [-0.05, 0) is 6.42 Å². The van der Waals surface area contributed by atoms with E-state index in [4.69, 9.17) is 42.4 Å². The quantitative estimate of drug-likeness (QED) is 0.471. The van der Waals surface area contributed by atoms with Crippen LogP contribution in [0.4, 0.5) is 0 Å². The number of aromatic amines is 1. The third-order valence-electron chi connectivity index (χ3n) is 1.91. The van der Waals surface area contributed by atoms with Crippen LogP contribution in [0, 0.1) is 0 Å². The van der Waals surface area contributed by atoms with Gasteiger partial charge in [0.25, 0.3) is 0 Å². The van der Waals surface area contributed by atoms with Crippen molar-refractivity contribution in [2.45, 2.75) is 40.2 Å². The van der Waals surface area contributed by atoms with Gasteiger partial charge in [-0.15, -0.1) is 23.2 Å². The van der Waals surface area contributed by atoms with Crippen molar-refractivity contribution in [2.75, 3.05) is 17.1 Å². The fourth-order valence-electron chi connectivity index (χ4n) is 0.995. The molecule has 29 heavy (non-hydrogen) atoms. The first-order valence-corrected chi connectivity index (χ1v) is 10.3. The monoisotopic (exact) mass is 524 g/mol. The number of halogens is 3. The first-order valence-electron chi connectivity index (χ1n) is 8.12. The fraction of sp³-hybridized carbons (Fsp3) is 0.529. The van der Waals surface area contributed by atoms with Crippen molar-refractivity contribution in [1.29, 1.82) is 0 Å². The van der Waals surface area contributed by atoms with Crippen molar-refractivity contribution < 1.29 is 50.2 Å². The van der Waals surface area contributed by atoms with Crippen molar-refractivity contribution in [1.82, 2.24) is 19.5 Å². The Morgan fingerprint density at radius 2 is 1.59 bits per heavy atom. The largest absolute Gasteiger partial charge is 1.00 e. The minimum Gasteiger partial charge on any atom is -1.00 e. The Morgan fingerprint density at radius 3 is 1.79 bits per heavy atom. The number of alkyl halides is 3. The molecule has 0 radical (unpaired) electrons. The van der Waals surface area contributed by atoms with Gasteiger partial charge in [0.05, 0.1) is 12.7 Å². The van der Waals surface area contributed by atoms with E-state index >= 15 is 0 Å². The molecule has 0 aliphatic carbocycles. The predicted molar refractivity (Wildman–Crippen MR) is 113 cm³/mol. The van der Waals surface area contributed by atoms with Gasteiger partial charge in [0.2, 0.25) is 0 Å². The van der Waals surface area contributed by atoms with Gasteiger partial charge in [0.1, 0.15) is 0 Å². The van der Waals surface area contributed by atoms with E-state index in [0.717, 1.165) is 18.3 Å². The number of rotatable bonds is 4. The van der Waals surface area contributed by atoms with Crippen LogP contribution in [-0.2, 0) is 32.1 Å². The maximum absolute atomic E-state index is 8.12. The molecule has 0 spiro atoms. The van der Waals surface area contributed by atoms with E-state index in [2.05, 4.69) is 51.7 Å². The van der Waals surface area contributed by atoms with Crippen molar-refractivity contribution in [2.24, 2.45) is 0 Å². The molecule has 12 heteroatoms. The number of aromatic nitrogens is 4. The molecule has 162 valence electrons. The topological polar surface area (TPSA) is 115 Å². The second-order valence-corrected chi connectivity index (χ2v) is 5.72. The molecule has 2 aromatic rings. The van der Waals surface area contributed by atoms with Crippen LogP contribution in [0.25, 0.3) is 0 Å². The summed E-state index contributed by atoms with van der Waals surface area (Å²) in [5.41, 5.74) is 1.19. The van der Waals surface area contributed by atoms with Crippen LogP contribution in [0.1, 0.15) is 34.3 Å². The average molecular weight is 526 g/mol. The summed E-state index contributed by atoms with van der Waals surface area (Å²) in [5, 5.41) is 0.897. The summed E-state index contributed by atoms with van der Waals surface area (Å²) >= 11 is 13.7. The molecule has 0 aromatic carbocycles. The minimum absolute atomic E-state index is 0. The van der Waals surface area contributed by atoms with Crippen molar-refractivity contribution in [3.8, 4) is 0 Å². The van der Waals surface area contributed by atoms with Crippen LogP contribution < -0.4 is 29.6 Å². The van der Waals surface area contributed by atoms with Gasteiger partial charge >= 0.3 is 41.9 Å². The Hall–Kier alpha value is -0.760. The second kappa shape index (κ2) is 41.6. The SMILES string of the molecule is CCC.CCc1cnc[nH]1.ClCCBr.ClCCn1ccnc1.O=C=O.O=C=O.[H-].[Na+]. The summed E-state index contributed by atoms with van der Waals surface area (Å²) in [6.07, 6.45) is 11.7. The molecule has 0 bridgehead atoms. The number of hydrogen-bond donors (Lipinski definition) is 1. The first kappa shape index (κ1) is 38.8. The molecule has 0 amide bonds. The van der Waals surface area contributed by atoms with Crippen LogP contribution in [0.2, 0.25) is 0 Å². The molecule has 0 saturated heterocycles. The van der Waals surface area contributed by atoms with Gasteiger partial charge in [0, 0.05) is 47.9 Å². The molecule has 1 N–H and O–H groups in total. The zero-order chi connectivity index (χ0) is 22.5. The van der Waals surface area contributed by atoms with E-state index in [0.29, 0.717) is 11.8 Å². The third kappa shape index (κ3) is 46.9. The van der Waals surface area contributed by atoms with Crippen molar-refractivity contribution >= 4 is 51.4 Å². The summed E-state index contributed by atoms with van der Waals surface area (Å²) in [6.45, 7) is 7.19. The Bertz CT molecular complexity index is 542. The smallest absolute Gasteiger partial charge is 1.00 e. The summed E-state index contributed by atoms with van der Waals surface area (Å²) in [5.74, 6) is 1.36. The molecule has 0 atom stereocenters. The molecular formula is C17H28BrCl2N4NaO4. The maximum atomic E-state index is 8.12. The van der Waals surface area contributed by atoms with Gasteiger partial charge in [-0.1, -0.05) is 43.1 Å². The molecule has 2 heterocycles. The summed E-state index contributed by atoms with van der Waals surface area (Å²) < 4.78 is 1.94. The number of carbonyl (C=O) groups excluding carboxylic acids is 4. The number of H-pyrrole nitrogens is 1. The van der Waals surface area contributed by atoms with E-state index in [9.17, 15) is 0 Å². The molecule has 0 fully saturated rings. The molecule has 0 aliphatic rings. The van der Waals surface area contributed by atoms with Gasteiger partial charge in [-0.3, -0.25) is 0 Å². The van der Waals surface area contributed by atoms with E-state index in [1.165, 1.54) is 12.1 Å². The Kier molecular flexibility index (Phi) is 55.6. The van der Waals surface area contributed by atoms with Crippen molar-refractivity contribution in [3.63, 3.8) is 0 Å². The summed E-state index contributed by atoms with van der Waals surface area (Å²) in [4.78, 5) is 43.2. The average Bonchev–Trinajstić information content (AvgIpc) is 3.39. The van der Waals surface area contributed by atoms with E-state index in [1.54, 1.807) is 18.9 Å². The van der Waals surface area contributed by atoms with Crippen LogP contribution in [-0.4, -0.2) is 48.9 Å². The van der Waals surface area contributed by atoms with Gasteiger partial charge < -0.3 is 11.0 Å². The van der Waals surface area contributed by atoms with Crippen LogP contribution in [0.5, 0.6) is 0 Å². The Balaban J connectivity index is -0.0000000603. The number of nitrogens with one attached hydrogen (secondary N) is 1. The van der Waals surface area contributed by atoms with Crippen LogP contribution in [0.3, 0.4) is 0 Å². The van der Waals surface area contributed by atoms with Crippen LogP contribution in [0.15, 0.2) is 31.2 Å². The van der Waals surface area contributed by atoms with E-state index < -0.39 is 0 Å². The number of aryl methyl sites for hydroxylation is 2. The third-order valence-corrected chi connectivity index (χ3v) is 3.12. The van der Waals surface area contributed by atoms with Gasteiger partial charge in [-0.2, -0.15) is 19.2 Å². The molecule has 2 aromatic heterocycles. The maximum Gasteiger partial charge on any atom is 1.00 e. The van der Waals surface area contributed by atoms with Gasteiger partial charge in [-0.25, -0.2) is 9.97 Å². The predicted octanol–water partition coefficient (Wildman–Crippen LogP) is 1.08. The minimum atomic E-state index is 0. The first-order chi connectivity index (χ1) is 13.5. The molecule has 0 saturated carbocycles. The zero-order valence-electron chi connectivity index (χ0n) is 18.2. The molecule has 2 rings (SSSR count). The van der Waals surface area contributed by atoms with E-state index in [1.807, 2.05) is 17.0 Å². The molecule has 0 unspecified atom stereocenters. The second-order valence-electron chi connectivity index (χ2n) is 4.17. The summed E-state index contributed by atoms with van der Waals surface area (Å²) in [6, 6.07) is 0. The number of imidazole rings is 2. The molecular weight excluding hydrogens is 498 g/mol. The Morgan fingerprint density at radius 1 is 1.10 bits per heavy atom. The zero-order valence-corrected chi connectivity index (χ0v) is 22.3. The molecule has 0 aliphatic heterocycles. The molecule has 8 nitrogen and oxygen atoms in total.